The van der Waals surface area contributed by atoms with Gasteiger partial charge >= 0.3 is 0 Å². The summed E-state index contributed by atoms with van der Waals surface area (Å²) in [6, 6.07) is 0. The quantitative estimate of drug-likeness (QED) is 0.440. The SMILES string of the molecule is CC1(O[Si](C)(C)CCl)CC[C@H]2[C@@H]3CCC4=CC(=O)CC[C@@H]4[C@H]3CC[C@@]21C. The van der Waals surface area contributed by atoms with Crippen LogP contribution in [0, 0.1) is 29.1 Å². The zero-order chi connectivity index (χ0) is 18.7. The Labute approximate surface area is 165 Å². The molecule has 3 saturated carbocycles. The summed E-state index contributed by atoms with van der Waals surface area (Å²) in [5.74, 6) is 3.48. The van der Waals surface area contributed by atoms with Crippen molar-refractivity contribution in [1.82, 2.24) is 0 Å². The van der Waals surface area contributed by atoms with E-state index in [1.165, 1.54) is 37.7 Å². The molecule has 6 atom stereocenters. The number of carbonyl (C=O) groups is 1. The highest BCUT2D eigenvalue weighted by Crippen LogP contribution is 2.66. The highest BCUT2D eigenvalue weighted by Gasteiger charge is 2.62. The Kier molecular flexibility index (Phi) is 4.77. The van der Waals surface area contributed by atoms with Gasteiger partial charge in [0.25, 0.3) is 0 Å². The fourth-order valence-electron chi connectivity index (χ4n) is 7.21. The number of fused-ring (bicyclic) bond motifs is 5. The third-order valence-corrected chi connectivity index (χ3v) is 12.2. The van der Waals surface area contributed by atoms with Crippen LogP contribution in [0.5, 0.6) is 0 Å². The number of ketones is 1. The largest absolute Gasteiger partial charge is 0.410 e. The monoisotopic (exact) mass is 394 g/mol. The van der Waals surface area contributed by atoms with Gasteiger partial charge in [-0.2, -0.15) is 0 Å². The zero-order valence-electron chi connectivity index (χ0n) is 16.9. The molecule has 26 heavy (non-hydrogen) atoms. The van der Waals surface area contributed by atoms with E-state index in [2.05, 4.69) is 26.9 Å². The van der Waals surface area contributed by atoms with Gasteiger partial charge in [0.1, 0.15) is 0 Å². The topological polar surface area (TPSA) is 26.3 Å². The van der Waals surface area contributed by atoms with Crippen LogP contribution in [0.2, 0.25) is 13.1 Å². The summed E-state index contributed by atoms with van der Waals surface area (Å²) < 4.78 is 6.86. The van der Waals surface area contributed by atoms with Crippen LogP contribution >= 0.6 is 11.6 Å². The Morgan fingerprint density at radius 3 is 2.62 bits per heavy atom. The summed E-state index contributed by atoms with van der Waals surface area (Å²) >= 11 is 6.26. The molecule has 3 fully saturated rings. The van der Waals surface area contributed by atoms with Crippen LogP contribution in [0.4, 0.5) is 0 Å². The maximum absolute atomic E-state index is 11.9. The van der Waals surface area contributed by atoms with E-state index in [1.807, 2.05) is 6.08 Å². The highest BCUT2D eigenvalue weighted by atomic mass is 35.5. The summed E-state index contributed by atoms with van der Waals surface area (Å²) in [7, 11) is -1.80. The van der Waals surface area contributed by atoms with E-state index in [4.69, 9.17) is 16.0 Å². The number of halogens is 1. The van der Waals surface area contributed by atoms with Gasteiger partial charge in [0, 0.05) is 11.9 Å². The first-order valence-corrected chi connectivity index (χ1v) is 14.3. The molecule has 0 aromatic heterocycles. The molecule has 0 heterocycles. The van der Waals surface area contributed by atoms with Crippen LogP contribution in [0.15, 0.2) is 11.6 Å². The summed E-state index contributed by atoms with van der Waals surface area (Å²) in [6.07, 6.45) is 11.4. The number of allylic oxidation sites excluding steroid dienone is 1. The first kappa shape index (κ1) is 19.2. The van der Waals surface area contributed by atoms with E-state index >= 15 is 0 Å². The predicted molar refractivity (Wildman–Crippen MR) is 110 cm³/mol. The molecule has 0 aromatic rings. The Hall–Kier alpha value is -0.123. The van der Waals surface area contributed by atoms with Crippen LogP contribution in [-0.2, 0) is 9.22 Å². The van der Waals surface area contributed by atoms with Crippen molar-refractivity contribution in [3.63, 3.8) is 0 Å². The molecule has 1 unspecified atom stereocenters. The van der Waals surface area contributed by atoms with Crippen LogP contribution in [0.25, 0.3) is 0 Å². The van der Waals surface area contributed by atoms with E-state index in [0.29, 0.717) is 17.2 Å². The molecule has 0 radical (unpaired) electrons. The van der Waals surface area contributed by atoms with Crippen molar-refractivity contribution in [2.75, 3.05) is 5.50 Å². The zero-order valence-corrected chi connectivity index (χ0v) is 18.7. The van der Waals surface area contributed by atoms with E-state index in [9.17, 15) is 4.79 Å². The molecule has 0 amide bonds. The normalized spacial score (nSPS) is 45.6. The minimum absolute atomic E-state index is 0.00804. The first-order valence-electron chi connectivity index (χ1n) is 10.7. The highest BCUT2D eigenvalue weighted by molar-refractivity contribution is 6.77. The van der Waals surface area contributed by atoms with Gasteiger partial charge in [-0.3, -0.25) is 4.79 Å². The molecular formula is C22H35ClO2Si. The summed E-state index contributed by atoms with van der Waals surface area (Å²) in [6.45, 7) is 9.45. The molecule has 0 N–H and O–H groups in total. The molecule has 4 heteroatoms. The number of carbonyl (C=O) groups excluding carboxylic acids is 1. The van der Waals surface area contributed by atoms with Crippen LogP contribution in [0.3, 0.4) is 0 Å². The Morgan fingerprint density at radius 2 is 1.88 bits per heavy atom. The summed E-state index contributed by atoms with van der Waals surface area (Å²) in [4.78, 5) is 11.9. The second-order valence-electron chi connectivity index (χ2n) is 10.5. The second kappa shape index (κ2) is 6.45. The van der Waals surface area contributed by atoms with Crippen LogP contribution in [-0.4, -0.2) is 25.2 Å². The van der Waals surface area contributed by atoms with Crippen LogP contribution in [0.1, 0.15) is 65.2 Å². The standard InChI is InChI=1S/C22H35ClO2Si/c1-21-11-9-18-17-8-6-16(24)13-15(17)5-7-19(18)20(21)10-12-22(21,2)25-26(3,4)14-23/h13,17-20H,5-12,14H2,1-4H3/t17-,18+,19+,20-,21-,22?/m0/s1. The molecule has 4 rings (SSSR count). The van der Waals surface area contributed by atoms with E-state index in [-0.39, 0.29) is 11.0 Å². The second-order valence-corrected chi connectivity index (χ2v) is 15.3. The maximum atomic E-state index is 11.9. The predicted octanol–water partition coefficient (Wildman–Crippen LogP) is 5.89. The smallest absolute Gasteiger partial charge is 0.202 e. The van der Waals surface area contributed by atoms with Crippen molar-refractivity contribution in [1.29, 1.82) is 0 Å². The number of rotatable bonds is 3. The van der Waals surface area contributed by atoms with Crippen molar-refractivity contribution in [2.45, 2.75) is 83.9 Å². The molecule has 0 aliphatic heterocycles. The van der Waals surface area contributed by atoms with Gasteiger partial charge in [-0.25, -0.2) is 0 Å². The minimum Gasteiger partial charge on any atom is -0.410 e. The van der Waals surface area contributed by atoms with Crippen LogP contribution < -0.4 is 0 Å². The lowest BCUT2D eigenvalue weighted by Crippen LogP contribution is -2.56. The number of alkyl halides is 1. The Morgan fingerprint density at radius 1 is 1.12 bits per heavy atom. The minimum atomic E-state index is -1.80. The van der Waals surface area contributed by atoms with Gasteiger partial charge in [-0.1, -0.05) is 12.5 Å². The summed E-state index contributed by atoms with van der Waals surface area (Å²) in [5.41, 5.74) is 2.45. The lowest BCUT2D eigenvalue weighted by molar-refractivity contribution is -0.117. The third kappa shape index (κ3) is 2.88. The van der Waals surface area contributed by atoms with Gasteiger partial charge in [-0.15, -0.1) is 11.6 Å². The number of hydrogen-bond acceptors (Lipinski definition) is 2. The molecule has 0 aromatic carbocycles. The molecule has 146 valence electrons. The molecule has 0 bridgehead atoms. The average Bonchev–Trinajstić information content (AvgIpc) is 2.85. The summed E-state index contributed by atoms with van der Waals surface area (Å²) in [5, 5.41) is 0. The van der Waals surface area contributed by atoms with Gasteiger partial charge < -0.3 is 4.43 Å². The van der Waals surface area contributed by atoms with Crippen molar-refractivity contribution >= 4 is 25.7 Å². The average molecular weight is 395 g/mol. The van der Waals surface area contributed by atoms with Gasteiger partial charge in [0.15, 0.2) is 5.78 Å². The Bertz CT molecular complexity index is 630. The van der Waals surface area contributed by atoms with Crippen molar-refractivity contribution in [3.05, 3.63) is 11.6 Å². The fraction of sp³-hybridized carbons (Fsp3) is 0.864. The van der Waals surface area contributed by atoms with Crippen molar-refractivity contribution in [2.24, 2.45) is 29.1 Å². The molecule has 2 nitrogen and oxygen atoms in total. The van der Waals surface area contributed by atoms with E-state index in [0.717, 1.165) is 37.0 Å². The van der Waals surface area contributed by atoms with Crippen molar-refractivity contribution < 1.29 is 9.22 Å². The number of hydrogen-bond donors (Lipinski definition) is 0. The molecule has 4 aliphatic rings. The first-order chi connectivity index (χ1) is 12.2. The van der Waals surface area contributed by atoms with Gasteiger partial charge in [0.2, 0.25) is 8.32 Å². The lowest BCUT2D eigenvalue weighted by Gasteiger charge is -2.57. The van der Waals surface area contributed by atoms with Gasteiger partial charge in [0.05, 0.1) is 5.60 Å². The molecule has 0 saturated heterocycles. The van der Waals surface area contributed by atoms with E-state index in [1.54, 1.807) is 0 Å². The lowest BCUT2D eigenvalue weighted by atomic mass is 9.51. The Balaban J connectivity index is 1.59. The van der Waals surface area contributed by atoms with Crippen molar-refractivity contribution in [3.8, 4) is 0 Å². The molecule has 0 spiro atoms. The van der Waals surface area contributed by atoms with E-state index < -0.39 is 8.32 Å². The maximum Gasteiger partial charge on any atom is 0.202 e. The third-order valence-electron chi connectivity index (χ3n) is 8.65. The fourth-order valence-corrected chi connectivity index (χ4v) is 8.98. The molecular weight excluding hydrogens is 360 g/mol. The molecule has 4 aliphatic carbocycles. The van der Waals surface area contributed by atoms with Gasteiger partial charge in [-0.05, 0) is 100 Å².